The summed E-state index contributed by atoms with van der Waals surface area (Å²) in [6.07, 6.45) is 2.36. The molecule has 3 nitrogen and oxygen atoms in total. The molecule has 0 aromatic heterocycles. The minimum Gasteiger partial charge on any atom is -0.481 e. The highest BCUT2D eigenvalue weighted by Gasteiger charge is 2.49. The Bertz CT molecular complexity index is 258. The average molecular weight is 213 g/mol. The number of carboxylic acids is 1. The molecule has 0 spiro atoms. The number of hydrogen-bond donors (Lipinski definition) is 1. The lowest BCUT2D eigenvalue weighted by Crippen LogP contribution is -2.58. The SMILES string of the molecule is CC1CCCN1C(C)(C)C(C)(C)C(=O)O. The van der Waals surface area contributed by atoms with Crippen molar-refractivity contribution in [1.29, 1.82) is 0 Å². The van der Waals surface area contributed by atoms with Gasteiger partial charge in [0, 0.05) is 11.6 Å². The van der Waals surface area contributed by atoms with Crippen LogP contribution >= 0.6 is 0 Å². The van der Waals surface area contributed by atoms with Crippen LogP contribution in [0.4, 0.5) is 0 Å². The molecule has 1 fully saturated rings. The number of likely N-dealkylation sites (tertiary alicyclic amines) is 1. The van der Waals surface area contributed by atoms with Gasteiger partial charge in [0.25, 0.3) is 0 Å². The van der Waals surface area contributed by atoms with E-state index in [9.17, 15) is 9.90 Å². The van der Waals surface area contributed by atoms with E-state index in [1.807, 2.05) is 27.7 Å². The van der Waals surface area contributed by atoms with Crippen molar-refractivity contribution in [3.05, 3.63) is 0 Å². The van der Waals surface area contributed by atoms with Gasteiger partial charge in [-0.1, -0.05) is 0 Å². The first kappa shape index (κ1) is 12.5. The van der Waals surface area contributed by atoms with E-state index in [4.69, 9.17) is 0 Å². The molecule has 0 radical (unpaired) electrons. The Kier molecular flexibility index (Phi) is 3.15. The second-order valence-electron chi connectivity index (χ2n) is 5.67. The molecule has 1 rings (SSSR count). The molecule has 1 heterocycles. The molecule has 0 aromatic rings. The summed E-state index contributed by atoms with van der Waals surface area (Å²) >= 11 is 0. The van der Waals surface area contributed by atoms with Crippen molar-refractivity contribution in [2.45, 2.75) is 59.0 Å². The van der Waals surface area contributed by atoms with Crippen LogP contribution in [0.5, 0.6) is 0 Å². The fraction of sp³-hybridized carbons (Fsp3) is 0.917. The lowest BCUT2D eigenvalue weighted by atomic mass is 9.73. The Hall–Kier alpha value is -0.570. The van der Waals surface area contributed by atoms with Crippen LogP contribution in [0.1, 0.15) is 47.5 Å². The van der Waals surface area contributed by atoms with E-state index < -0.39 is 11.4 Å². The number of carboxylic acid groups (broad SMARTS) is 1. The summed E-state index contributed by atoms with van der Waals surface area (Å²) < 4.78 is 0. The summed E-state index contributed by atoms with van der Waals surface area (Å²) in [5.74, 6) is -0.716. The number of nitrogens with zero attached hydrogens (tertiary/aromatic N) is 1. The van der Waals surface area contributed by atoms with Gasteiger partial charge in [0.1, 0.15) is 0 Å². The Morgan fingerprint density at radius 3 is 2.20 bits per heavy atom. The second-order valence-corrected chi connectivity index (χ2v) is 5.67. The van der Waals surface area contributed by atoms with Crippen LogP contribution in [0.2, 0.25) is 0 Å². The van der Waals surface area contributed by atoms with E-state index in [0.717, 1.165) is 6.54 Å². The maximum atomic E-state index is 11.3. The molecule has 1 saturated heterocycles. The summed E-state index contributed by atoms with van der Waals surface area (Å²) in [4.78, 5) is 13.6. The van der Waals surface area contributed by atoms with Gasteiger partial charge in [-0.2, -0.15) is 0 Å². The fourth-order valence-electron chi connectivity index (χ4n) is 2.38. The van der Waals surface area contributed by atoms with Gasteiger partial charge in [-0.05, 0) is 54.0 Å². The van der Waals surface area contributed by atoms with Crippen molar-refractivity contribution in [2.75, 3.05) is 6.54 Å². The first-order valence-electron chi connectivity index (χ1n) is 5.71. The van der Waals surface area contributed by atoms with Gasteiger partial charge in [0.2, 0.25) is 0 Å². The van der Waals surface area contributed by atoms with E-state index >= 15 is 0 Å². The van der Waals surface area contributed by atoms with Gasteiger partial charge < -0.3 is 5.11 Å². The largest absolute Gasteiger partial charge is 0.481 e. The minimum atomic E-state index is -0.717. The molecular formula is C12H23NO2. The smallest absolute Gasteiger partial charge is 0.310 e. The Morgan fingerprint density at radius 2 is 1.87 bits per heavy atom. The van der Waals surface area contributed by atoms with Gasteiger partial charge in [-0.15, -0.1) is 0 Å². The molecule has 88 valence electrons. The Labute approximate surface area is 92.5 Å². The zero-order valence-electron chi connectivity index (χ0n) is 10.5. The van der Waals surface area contributed by atoms with Gasteiger partial charge >= 0.3 is 5.97 Å². The van der Waals surface area contributed by atoms with Crippen molar-refractivity contribution < 1.29 is 9.90 Å². The van der Waals surface area contributed by atoms with Crippen molar-refractivity contribution in [3.63, 3.8) is 0 Å². The molecule has 15 heavy (non-hydrogen) atoms. The number of hydrogen-bond acceptors (Lipinski definition) is 2. The van der Waals surface area contributed by atoms with Crippen LogP contribution < -0.4 is 0 Å². The molecule has 1 aliphatic rings. The predicted molar refractivity (Wildman–Crippen MR) is 60.9 cm³/mol. The molecule has 0 saturated carbocycles. The van der Waals surface area contributed by atoms with Gasteiger partial charge in [0.05, 0.1) is 5.41 Å². The van der Waals surface area contributed by atoms with Crippen molar-refractivity contribution in [3.8, 4) is 0 Å². The number of carbonyl (C=O) groups is 1. The van der Waals surface area contributed by atoms with Gasteiger partial charge in [0.15, 0.2) is 0 Å². The summed E-state index contributed by atoms with van der Waals surface area (Å²) in [7, 11) is 0. The topological polar surface area (TPSA) is 40.5 Å². The first-order valence-corrected chi connectivity index (χ1v) is 5.71. The van der Waals surface area contributed by atoms with Crippen molar-refractivity contribution >= 4 is 5.97 Å². The lowest BCUT2D eigenvalue weighted by Gasteiger charge is -2.47. The number of rotatable bonds is 3. The van der Waals surface area contributed by atoms with Crippen molar-refractivity contribution in [1.82, 2.24) is 4.90 Å². The van der Waals surface area contributed by atoms with Crippen LogP contribution in [0.3, 0.4) is 0 Å². The van der Waals surface area contributed by atoms with Gasteiger partial charge in [-0.3, -0.25) is 9.69 Å². The standard InChI is InChI=1S/C12H23NO2/c1-9-7-6-8-13(9)12(4,5)11(2,3)10(14)15/h9H,6-8H2,1-5H3,(H,14,15). The molecule has 3 heteroatoms. The van der Waals surface area contributed by atoms with E-state index in [0.29, 0.717) is 6.04 Å². The Morgan fingerprint density at radius 1 is 1.33 bits per heavy atom. The monoisotopic (exact) mass is 213 g/mol. The molecular weight excluding hydrogens is 190 g/mol. The lowest BCUT2D eigenvalue weighted by molar-refractivity contribution is -0.156. The third-order valence-electron chi connectivity index (χ3n) is 4.34. The van der Waals surface area contributed by atoms with E-state index in [1.54, 1.807) is 0 Å². The molecule has 1 N–H and O–H groups in total. The first-order chi connectivity index (χ1) is 6.71. The zero-order chi connectivity index (χ0) is 11.9. The quantitative estimate of drug-likeness (QED) is 0.782. The fourth-order valence-corrected chi connectivity index (χ4v) is 2.38. The highest BCUT2D eigenvalue weighted by molar-refractivity contribution is 5.75. The summed E-state index contributed by atoms with van der Waals surface area (Å²) in [6.45, 7) is 10.9. The predicted octanol–water partition coefficient (Wildman–Crippen LogP) is 2.36. The highest BCUT2D eigenvalue weighted by Crippen LogP contribution is 2.39. The molecule has 0 bridgehead atoms. The minimum absolute atomic E-state index is 0.297. The molecule has 0 aliphatic carbocycles. The maximum absolute atomic E-state index is 11.3. The van der Waals surface area contributed by atoms with Gasteiger partial charge in [-0.25, -0.2) is 0 Å². The van der Waals surface area contributed by atoms with Crippen LogP contribution in [0.25, 0.3) is 0 Å². The summed E-state index contributed by atoms with van der Waals surface area (Å²) in [5, 5.41) is 9.30. The van der Waals surface area contributed by atoms with Crippen LogP contribution in [0.15, 0.2) is 0 Å². The maximum Gasteiger partial charge on any atom is 0.310 e. The van der Waals surface area contributed by atoms with Crippen LogP contribution in [-0.2, 0) is 4.79 Å². The molecule has 1 aliphatic heterocycles. The normalized spacial score (nSPS) is 24.5. The highest BCUT2D eigenvalue weighted by atomic mass is 16.4. The van der Waals surface area contributed by atoms with Crippen LogP contribution in [-0.4, -0.2) is 34.1 Å². The van der Waals surface area contributed by atoms with E-state index in [-0.39, 0.29) is 5.54 Å². The summed E-state index contributed by atoms with van der Waals surface area (Å²) in [6, 6.07) is 0.499. The second kappa shape index (κ2) is 3.78. The van der Waals surface area contributed by atoms with Crippen molar-refractivity contribution in [2.24, 2.45) is 5.41 Å². The van der Waals surface area contributed by atoms with Crippen LogP contribution in [0, 0.1) is 5.41 Å². The number of aliphatic carboxylic acids is 1. The third kappa shape index (κ3) is 1.89. The molecule has 0 amide bonds. The molecule has 1 atom stereocenters. The molecule has 0 aromatic carbocycles. The van der Waals surface area contributed by atoms with E-state index in [1.165, 1.54) is 12.8 Å². The third-order valence-corrected chi connectivity index (χ3v) is 4.34. The average Bonchev–Trinajstić information content (AvgIpc) is 2.51. The molecule has 1 unspecified atom stereocenters. The van der Waals surface area contributed by atoms with E-state index in [2.05, 4.69) is 11.8 Å². The Balaban J connectivity index is 2.95. The zero-order valence-corrected chi connectivity index (χ0v) is 10.5. The summed E-state index contributed by atoms with van der Waals surface area (Å²) in [5.41, 5.74) is -1.01.